The van der Waals surface area contributed by atoms with Crippen LogP contribution < -0.4 is 14.8 Å². The number of halogens is 1. The smallest absolute Gasteiger partial charge is 0.248 e. The number of nitrogens with zero attached hydrogens (tertiary/aromatic N) is 4. The molecular formula is C30H34FN5O4. The first kappa shape index (κ1) is 28.5. The number of aromatic nitrogens is 3. The van der Waals surface area contributed by atoms with E-state index in [1.54, 1.807) is 42.5 Å². The highest BCUT2D eigenvalue weighted by atomic mass is 19.1. The molecule has 0 unspecified atom stereocenters. The van der Waals surface area contributed by atoms with Gasteiger partial charge in [0, 0.05) is 23.2 Å². The van der Waals surface area contributed by atoms with Gasteiger partial charge in [-0.25, -0.2) is 9.07 Å². The molecule has 1 heterocycles. The summed E-state index contributed by atoms with van der Waals surface area (Å²) >= 11 is 0. The van der Waals surface area contributed by atoms with Crippen LogP contribution in [0.4, 0.5) is 4.39 Å². The van der Waals surface area contributed by atoms with E-state index in [0.717, 1.165) is 0 Å². The molecule has 1 N–H and O–H groups in total. The van der Waals surface area contributed by atoms with E-state index in [2.05, 4.69) is 15.6 Å². The van der Waals surface area contributed by atoms with Crippen LogP contribution in [0.15, 0.2) is 66.7 Å². The summed E-state index contributed by atoms with van der Waals surface area (Å²) in [5, 5.41) is 11.4. The maximum Gasteiger partial charge on any atom is 0.248 e. The van der Waals surface area contributed by atoms with Crippen molar-refractivity contribution in [2.24, 2.45) is 0 Å². The average Bonchev–Trinajstić information content (AvgIpc) is 3.36. The van der Waals surface area contributed by atoms with Gasteiger partial charge in [-0.3, -0.25) is 9.59 Å². The lowest BCUT2D eigenvalue weighted by atomic mass is 9.97. The number of benzene rings is 3. The van der Waals surface area contributed by atoms with Gasteiger partial charge in [-0.2, -0.15) is 0 Å². The number of fused-ring (bicyclic) bond motifs is 1. The Labute approximate surface area is 232 Å². The molecule has 4 rings (SSSR count). The van der Waals surface area contributed by atoms with Crippen molar-refractivity contribution < 1.29 is 23.5 Å². The van der Waals surface area contributed by atoms with Crippen molar-refractivity contribution in [3.05, 3.63) is 83.7 Å². The Morgan fingerprint density at radius 1 is 1.05 bits per heavy atom. The van der Waals surface area contributed by atoms with Crippen molar-refractivity contribution in [1.82, 2.24) is 25.2 Å². The minimum absolute atomic E-state index is 0.177. The molecule has 0 aliphatic rings. The number of hydrogen-bond acceptors (Lipinski definition) is 6. The van der Waals surface area contributed by atoms with Gasteiger partial charge in [0.1, 0.15) is 35.4 Å². The zero-order valence-electron chi connectivity index (χ0n) is 23.3. The predicted molar refractivity (Wildman–Crippen MR) is 149 cm³/mol. The highest BCUT2D eigenvalue weighted by Crippen LogP contribution is 2.35. The van der Waals surface area contributed by atoms with Crippen LogP contribution in [-0.2, 0) is 22.7 Å². The van der Waals surface area contributed by atoms with E-state index in [4.69, 9.17) is 9.47 Å². The van der Waals surface area contributed by atoms with Gasteiger partial charge in [0.2, 0.25) is 11.8 Å². The molecule has 0 bridgehead atoms. The fourth-order valence-corrected chi connectivity index (χ4v) is 4.38. The second kappa shape index (κ2) is 12.1. The molecule has 0 saturated heterocycles. The second-order valence-corrected chi connectivity index (χ2v) is 10.1. The molecule has 0 aliphatic heterocycles. The first-order valence-corrected chi connectivity index (χ1v) is 13.0. The van der Waals surface area contributed by atoms with Crippen LogP contribution in [0.1, 0.15) is 44.4 Å². The minimum atomic E-state index is -1.18. The summed E-state index contributed by atoms with van der Waals surface area (Å²) in [4.78, 5) is 29.6. The van der Waals surface area contributed by atoms with E-state index >= 15 is 0 Å². The van der Waals surface area contributed by atoms with Crippen LogP contribution in [0.25, 0.3) is 11.0 Å². The van der Waals surface area contributed by atoms with Crippen LogP contribution in [0, 0.1) is 5.82 Å². The highest BCUT2D eigenvalue weighted by Gasteiger charge is 2.36. The maximum absolute atomic E-state index is 14.9. The summed E-state index contributed by atoms with van der Waals surface area (Å²) in [6, 6.07) is 17.3. The number of amides is 2. The molecule has 0 spiro atoms. The third kappa shape index (κ3) is 6.22. The highest BCUT2D eigenvalue weighted by molar-refractivity contribution is 5.90. The van der Waals surface area contributed by atoms with Gasteiger partial charge >= 0.3 is 0 Å². The van der Waals surface area contributed by atoms with Crippen LogP contribution in [-0.4, -0.2) is 51.5 Å². The second-order valence-electron chi connectivity index (χ2n) is 10.1. The molecule has 10 heteroatoms. The van der Waals surface area contributed by atoms with Crippen molar-refractivity contribution in [3.8, 4) is 11.5 Å². The van der Waals surface area contributed by atoms with E-state index in [0.29, 0.717) is 34.5 Å². The summed E-state index contributed by atoms with van der Waals surface area (Å²) in [5.41, 5.74) is 1.38. The van der Waals surface area contributed by atoms with E-state index in [1.165, 1.54) is 29.9 Å². The average molecular weight is 548 g/mol. The number of carbonyl (C=O) groups excluding carboxylic acids is 2. The Hall–Kier alpha value is -4.47. The number of ether oxygens (including phenoxy) is 2. The third-order valence-electron chi connectivity index (χ3n) is 6.96. The molecule has 2 amide bonds. The van der Waals surface area contributed by atoms with Gasteiger partial charge in [-0.05, 0) is 56.7 Å². The molecule has 1 aromatic heterocycles. The largest absolute Gasteiger partial charge is 0.497 e. The third-order valence-corrected chi connectivity index (χ3v) is 6.96. The van der Waals surface area contributed by atoms with Crippen molar-refractivity contribution in [2.45, 2.75) is 51.9 Å². The first-order chi connectivity index (χ1) is 19.2. The zero-order chi connectivity index (χ0) is 28.9. The topological polar surface area (TPSA) is 98.6 Å². The summed E-state index contributed by atoms with van der Waals surface area (Å²) in [5.74, 6) is -0.529. The SMILES string of the molecule is CCC(C)(C)NC(=O)[C@H](c1cc(OC)ccc1OC)N(Cc1ccccc1F)C(=O)Cn1nnc2ccccc21. The number of rotatable bonds is 11. The van der Waals surface area contributed by atoms with E-state index in [9.17, 15) is 14.0 Å². The lowest BCUT2D eigenvalue weighted by Crippen LogP contribution is -2.50. The van der Waals surface area contributed by atoms with Crippen molar-refractivity contribution in [1.29, 1.82) is 0 Å². The molecule has 0 saturated carbocycles. The molecular weight excluding hydrogens is 513 g/mol. The fraction of sp³-hybridized carbons (Fsp3) is 0.333. The van der Waals surface area contributed by atoms with Gasteiger partial charge in [0.15, 0.2) is 0 Å². The molecule has 40 heavy (non-hydrogen) atoms. The van der Waals surface area contributed by atoms with Gasteiger partial charge in [0.05, 0.1) is 19.7 Å². The van der Waals surface area contributed by atoms with Crippen LogP contribution in [0.2, 0.25) is 0 Å². The maximum atomic E-state index is 14.9. The minimum Gasteiger partial charge on any atom is -0.497 e. The lowest BCUT2D eigenvalue weighted by molar-refractivity contribution is -0.143. The van der Waals surface area contributed by atoms with Crippen LogP contribution in [0.5, 0.6) is 11.5 Å². The monoisotopic (exact) mass is 547 g/mol. The van der Waals surface area contributed by atoms with Crippen LogP contribution >= 0.6 is 0 Å². The van der Waals surface area contributed by atoms with Crippen molar-refractivity contribution >= 4 is 22.8 Å². The zero-order valence-corrected chi connectivity index (χ0v) is 23.3. The number of carbonyl (C=O) groups is 2. The van der Waals surface area contributed by atoms with E-state index in [-0.39, 0.29) is 18.7 Å². The number of methoxy groups -OCH3 is 2. The Morgan fingerprint density at radius 2 is 1.77 bits per heavy atom. The summed E-state index contributed by atoms with van der Waals surface area (Å²) in [6.07, 6.45) is 0.646. The molecule has 0 radical (unpaired) electrons. The first-order valence-electron chi connectivity index (χ1n) is 13.0. The van der Waals surface area contributed by atoms with Gasteiger partial charge < -0.3 is 19.7 Å². The summed E-state index contributed by atoms with van der Waals surface area (Å²) in [7, 11) is 3.00. The van der Waals surface area contributed by atoms with E-state index in [1.807, 2.05) is 39.0 Å². The van der Waals surface area contributed by atoms with Crippen LogP contribution in [0.3, 0.4) is 0 Å². The molecule has 1 atom stereocenters. The molecule has 3 aromatic carbocycles. The predicted octanol–water partition coefficient (Wildman–Crippen LogP) is 4.66. The molecule has 0 fully saturated rings. The summed E-state index contributed by atoms with van der Waals surface area (Å²) in [6.45, 7) is 5.36. The summed E-state index contributed by atoms with van der Waals surface area (Å²) < 4.78 is 27.5. The Bertz CT molecular complexity index is 1500. The Balaban J connectivity index is 1.86. The lowest BCUT2D eigenvalue weighted by Gasteiger charge is -2.35. The number of hydrogen-bond donors (Lipinski definition) is 1. The Morgan fingerprint density at radius 3 is 2.48 bits per heavy atom. The molecule has 0 aliphatic carbocycles. The quantitative estimate of drug-likeness (QED) is 0.293. The van der Waals surface area contributed by atoms with Gasteiger partial charge in [-0.1, -0.05) is 42.5 Å². The van der Waals surface area contributed by atoms with Gasteiger partial charge in [0.25, 0.3) is 0 Å². The molecule has 9 nitrogen and oxygen atoms in total. The Kier molecular flexibility index (Phi) is 8.67. The molecule has 210 valence electrons. The van der Waals surface area contributed by atoms with Crippen molar-refractivity contribution in [3.63, 3.8) is 0 Å². The fourth-order valence-electron chi connectivity index (χ4n) is 4.38. The standard InChI is InChI=1S/C30H34FN5O4/c1-6-30(2,3)32-29(38)28(22-17-21(39-4)15-16-26(22)40-5)35(18-20-11-7-8-12-23(20)31)27(37)19-36-25-14-10-9-13-24(25)33-34-36/h7-17,28H,6,18-19H2,1-5H3,(H,32,38)/t28-/m0/s1. The number of nitrogens with one attached hydrogen (secondary N) is 1. The van der Waals surface area contributed by atoms with Crippen molar-refractivity contribution in [2.75, 3.05) is 14.2 Å². The molecule has 4 aromatic rings. The normalized spacial score (nSPS) is 12.2. The van der Waals surface area contributed by atoms with E-state index < -0.39 is 29.2 Å². The van der Waals surface area contributed by atoms with Gasteiger partial charge in [-0.15, -0.1) is 5.10 Å². The number of para-hydroxylation sites is 1.